The van der Waals surface area contributed by atoms with Gasteiger partial charge < -0.3 is 14.9 Å². The van der Waals surface area contributed by atoms with Crippen molar-refractivity contribution in [2.75, 3.05) is 5.32 Å². The Morgan fingerprint density at radius 1 is 1.18 bits per heavy atom. The molecule has 0 heterocycles. The van der Waals surface area contributed by atoms with Crippen LogP contribution in [0.15, 0.2) is 54.6 Å². The number of aromatic hydroxyl groups is 1. The number of hydrogen-bond donors (Lipinski definition) is 3. The van der Waals surface area contributed by atoms with Crippen molar-refractivity contribution in [2.24, 2.45) is 5.41 Å². The normalized spacial score (nSPS) is 12.6. The summed E-state index contributed by atoms with van der Waals surface area (Å²) in [4.78, 5) is 23.5. The summed E-state index contributed by atoms with van der Waals surface area (Å²) in [5, 5.41) is 21.9. The second-order valence-electron chi connectivity index (χ2n) is 6.97. The molecule has 28 heavy (non-hydrogen) atoms. The average Bonchev–Trinajstić information content (AvgIpc) is 2.62. The number of benzene rings is 2. The Morgan fingerprint density at radius 2 is 1.82 bits per heavy atom. The van der Waals surface area contributed by atoms with Gasteiger partial charge in [0.25, 0.3) is 0 Å². The number of nitrogens with one attached hydrogen (secondary N) is 1. The number of phenolic OH excluding ortho intramolecular Hbond substituents is 1. The number of halogens is 1. The number of amides is 1. The number of carbonyl (C=O) groups is 2. The largest absolute Gasteiger partial charge is 0.508 e. The van der Waals surface area contributed by atoms with E-state index in [1.807, 2.05) is 19.1 Å². The number of hydrogen-bond acceptors (Lipinski definition) is 4. The number of aryl methyl sites for hydroxylation is 1. The summed E-state index contributed by atoms with van der Waals surface area (Å²) in [5.41, 5.74) is 1.12. The van der Waals surface area contributed by atoms with Gasteiger partial charge in [-0.1, -0.05) is 37.6 Å². The van der Waals surface area contributed by atoms with Gasteiger partial charge in [0.15, 0.2) is 0 Å². The smallest absolute Gasteiger partial charge is 0.412 e. The zero-order chi connectivity index (χ0) is 20.9. The lowest BCUT2D eigenvalue weighted by molar-refractivity contribution is -0.131. The van der Waals surface area contributed by atoms with Crippen molar-refractivity contribution in [3.63, 3.8) is 0 Å². The van der Waals surface area contributed by atoms with Gasteiger partial charge >= 0.3 is 12.1 Å². The summed E-state index contributed by atoms with van der Waals surface area (Å²) >= 11 is 2.09. The van der Waals surface area contributed by atoms with Crippen LogP contribution in [0.1, 0.15) is 31.1 Å². The van der Waals surface area contributed by atoms with Gasteiger partial charge in [-0.3, -0.25) is 5.32 Å². The molecule has 0 radical (unpaired) electrons. The van der Waals surface area contributed by atoms with Crippen LogP contribution in [-0.4, -0.2) is 22.3 Å². The minimum Gasteiger partial charge on any atom is -0.508 e. The predicted octanol–water partition coefficient (Wildman–Crippen LogP) is 5.26. The predicted molar refractivity (Wildman–Crippen MR) is 115 cm³/mol. The van der Waals surface area contributed by atoms with Gasteiger partial charge in [-0.05, 0) is 59.8 Å². The molecule has 0 aromatic heterocycles. The summed E-state index contributed by atoms with van der Waals surface area (Å²) in [6.07, 6.45) is 0.824. The van der Waals surface area contributed by atoms with Crippen LogP contribution >= 0.6 is 22.6 Å². The molecule has 2 aromatic rings. The molecule has 7 heteroatoms. The third-order valence-electron chi connectivity index (χ3n) is 4.13. The van der Waals surface area contributed by atoms with E-state index in [0.29, 0.717) is 11.3 Å². The standard InChI is InChI=1S/C21H22INO5/c1-13-4-7-15(8-5-13)23-20(27)28-19(21(2,3)11-10-18(25)26)16-12-14(22)6-9-17(16)24/h4-12,19,24H,1-3H3,(H,23,27)(H,25,26)/b11-10+/t19-/m0/s1. The summed E-state index contributed by atoms with van der Waals surface area (Å²) in [5.74, 6) is -1.15. The molecule has 0 bridgehead atoms. The maximum atomic E-state index is 12.5. The van der Waals surface area contributed by atoms with Crippen molar-refractivity contribution in [1.29, 1.82) is 0 Å². The first-order valence-electron chi connectivity index (χ1n) is 8.53. The quantitative estimate of drug-likeness (QED) is 0.375. The molecule has 2 rings (SSSR count). The molecule has 0 aliphatic rings. The Hall–Kier alpha value is -2.55. The topological polar surface area (TPSA) is 95.9 Å². The van der Waals surface area contributed by atoms with E-state index in [4.69, 9.17) is 9.84 Å². The Morgan fingerprint density at radius 3 is 2.43 bits per heavy atom. The lowest BCUT2D eigenvalue weighted by Gasteiger charge is -2.32. The molecule has 2 aromatic carbocycles. The maximum Gasteiger partial charge on any atom is 0.412 e. The molecule has 1 atom stereocenters. The van der Waals surface area contributed by atoms with Crippen LogP contribution < -0.4 is 5.32 Å². The molecule has 0 aliphatic heterocycles. The lowest BCUT2D eigenvalue weighted by atomic mass is 9.81. The first-order chi connectivity index (χ1) is 13.1. The SMILES string of the molecule is Cc1ccc(NC(=O)O[C@@H](c2cc(I)ccc2O)C(C)(C)/C=C/C(=O)O)cc1. The molecule has 0 unspecified atom stereocenters. The summed E-state index contributed by atoms with van der Waals surface area (Å²) < 4.78 is 6.49. The Labute approximate surface area is 177 Å². The monoisotopic (exact) mass is 495 g/mol. The van der Waals surface area contributed by atoms with Crippen molar-refractivity contribution < 1.29 is 24.5 Å². The highest BCUT2D eigenvalue weighted by Crippen LogP contribution is 2.42. The fraction of sp³-hybridized carbons (Fsp3) is 0.238. The third kappa shape index (κ3) is 5.98. The van der Waals surface area contributed by atoms with Gasteiger partial charge in [0.1, 0.15) is 11.9 Å². The number of phenols is 1. The van der Waals surface area contributed by atoms with Gasteiger partial charge in [0, 0.05) is 26.3 Å². The van der Waals surface area contributed by atoms with E-state index in [0.717, 1.165) is 15.2 Å². The Balaban J connectivity index is 2.34. The van der Waals surface area contributed by atoms with Crippen LogP contribution in [0.5, 0.6) is 5.75 Å². The summed E-state index contributed by atoms with van der Waals surface area (Å²) in [7, 11) is 0. The number of aliphatic carboxylic acids is 1. The molecule has 0 fully saturated rings. The van der Waals surface area contributed by atoms with Crippen LogP contribution in [-0.2, 0) is 9.53 Å². The molecule has 1 amide bonds. The number of ether oxygens (including phenoxy) is 1. The molecular formula is C21H22INO5. The van der Waals surface area contributed by atoms with Crippen molar-refractivity contribution in [2.45, 2.75) is 26.9 Å². The zero-order valence-electron chi connectivity index (χ0n) is 15.8. The lowest BCUT2D eigenvalue weighted by Crippen LogP contribution is -2.28. The third-order valence-corrected chi connectivity index (χ3v) is 4.80. The van der Waals surface area contributed by atoms with E-state index in [1.165, 1.54) is 12.1 Å². The van der Waals surface area contributed by atoms with E-state index in [2.05, 4.69) is 27.9 Å². The van der Waals surface area contributed by atoms with Crippen molar-refractivity contribution in [1.82, 2.24) is 0 Å². The Kier molecular flexibility index (Phi) is 7.06. The fourth-order valence-electron chi connectivity index (χ4n) is 2.62. The maximum absolute atomic E-state index is 12.5. The highest BCUT2D eigenvalue weighted by Gasteiger charge is 2.34. The molecular weight excluding hydrogens is 473 g/mol. The molecule has 0 saturated carbocycles. The molecule has 3 N–H and O–H groups in total. The van der Waals surface area contributed by atoms with Gasteiger partial charge in [0.2, 0.25) is 0 Å². The van der Waals surface area contributed by atoms with Crippen LogP contribution in [0.25, 0.3) is 0 Å². The van der Waals surface area contributed by atoms with Crippen LogP contribution in [0.3, 0.4) is 0 Å². The second-order valence-corrected chi connectivity index (χ2v) is 8.22. The average molecular weight is 495 g/mol. The minimum atomic E-state index is -1.11. The molecule has 0 saturated heterocycles. The van der Waals surface area contributed by atoms with Crippen LogP contribution in [0, 0.1) is 15.9 Å². The number of carboxylic acids is 1. The molecule has 6 nitrogen and oxygen atoms in total. The first kappa shape index (κ1) is 21.7. The van der Waals surface area contributed by atoms with Gasteiger partial charge in [0.05, 0.1) is 0 Å². The summed E-state index contributed by atoms with van der Waals surface area (Å²) in [6, 6.07) is 12.2. The molecule has 0 spiro atoms. The zero-order valence-corrected chi connectivity index (χ0v) is 17.9. The number of anilines is 1. The van der Waals surface area contributed by atoms with E-state index in [1.54, 1.807) is 38.1 Å². The van der Waals surface area contributed by atoms with Crippen molar-refractivity contribution >= 4 is 40.3 Å². The fourth-order valence-corrected chi connectivity index (χ4v) is 3.13. The van der Waals surface area contributed by atoms with Crippen molar-refractivity contribution in [3.05, 3.63) is 69.3 Å². The molecule has 148 valence electrons. The molecule has 0 aliphatic carbocycles. The highest BCUT2D eigenvalue weighted by molar-refractivity contribution is 14.1. The first-order valence-corrected chi connectivity index (χ1v) is 9.61. The van der Waals surface area contributed by atoms with E-state index < -0.39 is 23.6 Å². The highest BCUT2D eigenvalue weighted by atomic mass is 127. The second kappa shape index (κ2) is 9.09. The van der Waals surface area contributed by atoms with Crippen LogP contribution in [0.4, 0.5) is 10.5 Å². The van der Waals surface area contributed by atoms with Crippen LogP contribution in [0.2, 0.25) is 0 Å². The van der Waals surface area contributed by atoms with E-state index in [-0.39, 0.29) is 5.75 Å². The van der Waals surface area contributed by atoms with Gasteiger partial charge in [-0.25, -0.2) is 9.59 Å². The number of carboxylic acid groups (broad SMARTS) is 1. The van der Waals surface area contributed by atoms with Gasteiger partial charge in [-0.2, -0.15) is 0 Å². The van der Waals surface area contributed by atoms with Gasteiger partial charge in [-0.15, -0.1) is 0 Å². The number of carbonyl (C=O) groups excluding carboxylic acids is 1. The Bertz CT molecular complexity index is 890. The van der Waals surface area contributed by atoms with E-state index >= 15 is 0 Å². The van der Waals surface area contributed by atoms with Crippen molar-refractivity contribution in [3.8, 4) is 5.75 Å². The minimum absolute atomic E-state index is 0.0367. The van der Waals surface area contributed by atoms with E-state index in [9.17, 15) is 14.7 Å². The summed E-state index contributed by atoms with van der Waals surface area (Å²) in [6.45, 7) is 5.40. The number of rotatable bonds is 6.